The van der Waals surface area contributed by atoms with Gasteiger partial charge in [-0.2, -0.15) is 0 Å². The number of benzene rings is 3. The zero-order valence-electron chi connectivity index (χ0n) is 23.6. The molecule has 1 N–H and O–H groups in total. The lowest BCUT2D eigenvalue weighted by Crippen LogP contribution is -2.51. The van der Waals surface area contributed by atoms with Crippen LogP contribution in [0.25, 0.3) is 0 Å². The van der Waals surface area contributed by atoms with E-state index < -0.39 is 6.04 Å². The van der Waals surface area contributed by atoms with Crippen LogP contribution in [0.1, 0.15) is 50.8 Å². The number of hydrogen-bond acceptors (Lipinski definition) is 4. The monoisotopic (exact) mass is 584 g/mol. The lowest BCUT2D eigenvalue weighted by atomic mass is 10.0. The van der Waals surface area contributed by atoms with Crippen LogP contribution in [-0.4, -0.2) is 42.0 Å². The fourth-order valence-electron chi connectivity index (χ4n) is 4.43. The number of nitrogens with one attached hydrogen (secondary N) is 1. The number of hydrogen-bond donors (Lipinski definition) is 1. The van der Waals surface area contributed by atoms with E-state index in [1.54, 1.807) is 23.1 Å². The van der Waals surface area contributed by atoms with Gasteiger partial charge >= 0.3 is 0 Å². The Hall–Kier alpha value is -3.22. The number of halogens is 2. The molecule has 0 saturated carbocycles. The van der Waals surface area contributed by atoms with E-state index in [2.05, 4.69) is 5.32 Å². The SMILES string of the molecule is CCOc1ccc(CCC(=O)N(Cc2c(Cl)cccc2Cl)C(Cc2ccccc2)C(=O)NC(C)C)cc1OCC. The molecular weight excluding hydrogens is 547 g/mol. The third kappa shape index (κ3) is 8.90. The van der Waals surface area contributed by atoms with Gasteiger partial charge in [-0.3, -0.25) is 9.59 Å². The van der Waals surface area contributed by atoms with E-state index in [9.17, 15) is 9.59 Å². The van der Waals surface area contributed by atoms with E-state index >= 15 is 0 Å². The van der Waals surface area contributed by atoms with E-state index in [1.807, 2.05) is 76.2 Å². The number of carbonyl (C=O) groups excluding carboxylic acids is 2. The summed E-state index contributed by atoms with van der Waals surface area (Å²) in [4.78, 5) is 29.1. The summed E-state index contributed by atoms with van der Waals surface area (Å²) < 4.78 is 11.4. The first kappa shape index (κ1) is 31.3. The third-order valence-electron chi connectivity index (χ3n) is 6.33. The number of ether oxygens (including phenoxy) is 2. The van der Waals surface area contributed by atoms with Crippen molar-refractivity contribution in [3.63, 3.8) is 0 Å². The first-order valence-corrected chi connectivity index (χ1v) is 14.4. The molecule has 6 nitrogen and oxygen atoms in total. The average Bonchev–Trinajstić information content (AvgIpc) is 2.92. The van der Waals surface area contributed by atoms with E-state index in [4.69, 9.17) is 32.7 Å². The Bertz CT molecular complexity index is 1250. The molecule has 2 amide bonds. The van der Waals surface area contributed by atoms with Crippen molar-refractivity contribution in [3.05, 3.63) is 93.5 Å². The molecule has 40 heavy (non-hydrogen) atoms. The van der Waals surface area contributed by atoms with Gasteiger partial charge in [0.15, 0.2) is 11.5 Å². The predicted molar refractivity (Wildman–Crippen MR) is 161 cm³/mol. The highest BCUT2D eigenvalue weighted by molar-refractivity contribution is 6.36. The number of nitrogens with zero attached hydrogens (tertiary/aromatic N) is 1. The first-order chi connectivity index (χ1) is 19.2. The van der Waals surface area contributed by atoms with Crippen LogP contribution in [0.15, 0.2) is 66.7 Å². The summed E-state index contributed by atoms with van der Waals surface area (Å²) in [6.45, 7) is 8.77. The van der Waals surface area contributed by atoms with Crippen LogP contribution < -0.4 is 14.8 Å². The summed E-state index contributed by atoms with van der Waals surface area (Å²) in [5, 5.41) is 3.89. The zero-order chi connectivity index (χ0) is 29.1. The van der Waals surface area contributed by atoms with Crippen molar-refractivity contribution in [1.29, 1.82) is 0 Å². The first-order valence-electron chi connectivity index (χ1n) is 13.7. The van der Waals surface area contributed by atoms with Gasteiger partial charge in [0.05, 0.1) is 13.2 Å². The van der Waals surface area contributed by atoms with Crippen LogP contribution in [-0.2, 0) is 29.0 Å². The molecule has 1 unspecified atom stereocenters. The second-order valence-corrected chi connectivity index (χ2v) is 10.6. The predicted octanol–water partition coefficient (Wildman–Crippen LogP) is 6.89. The van der Waals surface area contributed by atoms with Crippen LogP contribution in [0.4, 0.5) is 0 Å². The van der Waals surface area contributed by atoms with Crippen molar-refractivity contribution in [2.45, 2.75) is 65.6 Å². The standard InChI is InChI=1S/C32H38Cl2N2O4/c1-5-39-29-17-15-24(20-30(29)40-6-2)16-18-31(37)36(21-25-26(33)13-10-14-27(25)34)28(32(38)35-22(3)4)19-23-11-8-7-9-12-23/h7-15,17,20,22,28H,5-6,16,18-19,21H2,1-4H3,(H,35,38). The summed E-state index contributed by atoms with van der Waals surface area (Å²) in [5.74, 6) is 0.910. The smallest absolute Gasteiger partial charge is 0.243 e. The lowest BCUT2D eigenvalue weighted by Gasteiger charge is -2.32. The van der Waals surface area contributed by atoms with Crippen molar-refractivity contribution < 1.29 is 19.1 Å². The van der Waals surface area contributed by atoms with E-state index in [0.29, 0.717) is 53.2 Å². The van der Waals surface area contributed by atoms with Crippen LogP contribution in [0.5, 0.6) is 11.5 Å². The molecule has 0 spiro atoms. The molecule has 1 atom stereocenters. The van der Waals surface area contributed by atoms with Gasteiger partial charge in [0.25, 0.3) is 0 Å². The summed E-state index contributed by atoms with van der Waals surface area (Å²) in [5.41, 5.74) is 2.49. The molecule has 0 heterocycles. The molecule has 3 rings (SSSR count). The van der Waals surface area contributed by atoms with E-state index in [-0.39, 0.29) is 30.8 Å². The highest BCUT2D eigenvalue weighted by atomic mass is 35.5. The minimum atomic E-state index is -0.760. The van der Waals surface area contributed by atoms with Crippen molar-refractivity contribution in [3.8, 4) is 11.5 Å². The van der Waals surface area contributed by atoms with Gasteiger partial charge in [-0.05, 0) is 69.5 Å². The Balaban J connectivity index is 1.94. The molecule has 0 bridgehead atoms. The van der Waals surface area contributed by atoms with Gasteiger partial charge in [0, 0.05) is 41.0 Å². The van der Waals surface area contributed by atoms with Gasteiger partial charge in [-0.25, -0.2) is 0 Å². The molecule has 0 aliphatic heterocycles. The van der Waals surface area contributed by atoms with E-state index in [1.165, 1.54) is 0 Å². The van der Waals surface area contributed by atoms with Gasteiger partial charge in [-0.15, -0.1) is 0 Å². The molecule has 0 fully saturated rings. The normalized spacial score (nSPS) is 11.7. The summed E-state index contributed by atoms with van der Waals surface area (Å²) in [6, 6.07) is 19.8. The summed E-state index contributed by atoms with van der Waals surface area (Å²) >= 11 is 13.0. The Kier molecular flexibility index (Phi) is 12.2. The van der Waals surface area contributed by atoms with Crippen LogP contribution in [0, 0.1) is 0 Å². The van der Waals surface area contributed by atoms with Gasteiger partial charge in [0.1, 0.15) is 6.04 Å². The maximum atomic E-state index is 13.9. The maximum Gasteiger partial charge on any atom is 0.243 e. The lowest BCUT2D eigenvalue weighted by molar-refractivity contribution is -0.141. The largest absolute Gasteiger partial charge is 0.490 e. The number of aryl methyl sites for hydroxylation is 1. The minimum Gasteiger partial charge on any atom is -0.490 e. The molecule has 0 aliphatic rings. The quantitative estimate of drug-likeness (QED) is 0.224. The number of carbonyl (C=O) groups is 2. The fourth-order valence-corrected chi connectivity index (χ4v) is 4.95. The van der Waals surface area contributed by atoms with Crippen LogP contribution in [0.2, 0.25) is 10.0 Å². The molecule has 3 aromatic carbocycles. The fraction of sp³-hybridized carbons (Fsp3) is 0.375. The summed E-state index contributed by atoms with van der Waals surface area (Å²) in [6.07, 6.45) is 0.995. The molecule has 0 aliphatic carbocycles. The van der Waals surface area contributed by atoms with Crippen molar-refractivity contribution >= 4 is 35.0 Å². The topological polar surface area (TPSA) is 67.9 Å². The van der Waals surface area contributed by atoms with Crippen molar-refractivity contribution in [2.75, 3.05) is 13.2 Å². The van der Waals surface area contributed by atoms with Gasteiger partial charge < -0.3 is 19.7 Å². The van der Waals surface area contributed by atoms with Gasteiger partial charge in [0.2, 0.25) is 11.8 Å². The molecule has 0 radical (unpaired) electrons. The van der Waals surface area contributed by atoms with Crippen LogP contribution in [0.3, 0.4) is 0 Å². The van der Waals surface area contributed by atoms with Crippen LogP contribution >= 0.6 is 23.2 Å². The number of amides is 2. The molecule has 0 saturated heterocycles. The Labute approximate surface area is 247 Å². The molecule has 214 valence electrons. The van der Waals surface area contributed by atoms with Gasteiger partial charge in [-0.1, -0.05) is 65.7 Å². The molecule has 3 aromatic rings. The number of rotatable bonds is 14. The zero-order valence-corrected chi connectivity index (χ0v) is 25.1. The second kappa shape index (κ2) is 15.5. The maximum absolute atomic E-state index is 13.9. The minimum absolute atomic E-state index is 0.0903. The highest BCUT2D eigenvalue weighted by Crippen LogP contribution is 2.30. The van der Waals surface area contributed by atoms with E-state index in [0.717, 1.165) is 11.1 Å². The summed E-state index contributed by atoms with van der Waals surface area (Å²) in [7, 11) is 0. The Morgan fingerprint density at radius 2 is 1.50 bits per heavy atom. The second-order valence-electron chi connectivity index (χ2n) is 9.74. The molecule has 0 aromatic heterocycles. The highest BCUT2D eigenvalue weighted by Gasteiger charge is 2.31. The molecule has 8 heteroatoms. The Morgan fingerprint density at radius 1 is 0.850 bits per heavy atom. The van der Waals surface area contributed by atoms with Crippen molar-refractivity contribution in [2.24, 2.45) is 0 Å². The average molecular weight is 586 g/mol. The van der Waals surface area contributed by atoms with Crippen molar-refractivity contribution in [1.82, 2.24) is 10.2 Å². The Morgan fingerprint density at radius 3 is 2.12 bits per heavy atom. The molecular formula is C32H38Cl2N2O4. The third-order valence-corrected chi connectivity index (χ3v) is 7.04.